The maximum atomic E-state index is 10.6. The molecule has 0 aliphatic heterocycles. The summed E-state index contributed by atoms with van der Waals surface area (Å²) in [5.41, 5.74) is 0.699. The highest BCUT2D eigenvalue weighted by atomic mass is 35.5. The summed E-state index contributed by atoms with van der Waals surface area (Å²) in [7, 11) is 0. The number of hydrogen-bond acceptors (Lipinski definition) is 4. The van der Waals surface area contributed by atoms with Crippen LogP contribution in [0.25, 0.3) is 10.6 Å². The second-order valence-electron chi connectivity index (χ2n) is 2.56. The lowest BCUT2D eigenvalue weighted by molar-refractivity contribution is 0.0702. The minimum absolute atomic E-state index is 0. The van der Waals surface area contributed by atoms with Gasteiger partial charge in [0.25, 0.3) is 0 Å². The summed E-state index contributed by atoms with van der Waals surface area (Å²) in [5, 5.41) is 8.72. The molecule has 1 N–H and O–H groups in total. The number of aromatic nitrogens is 2. The van der Waals surface area contributed by atoms with Gasteiger partial charge in [-0.05, 0) is 12.1 Å². The van der Waals surface area contributed by atoms with Gasteiger partial charge in [0.1, 0.15) is 4.88 Å². The van der Waals surface area contributed by atoms with Crippen molar-refractivity contribution in [1.29, 1.82) is 0 Å². The van der Waals surface area contributed by atoms with E-state index in [1.807, 2.05) is 0 Å². The number of nitrogens with zero attached hydrogens (tertiary/aromatic N) is 2. The summed E-state index contributed by atoms with van der Waals surface area (Å²) in [5.74, 6) is -0.912. The van der Waals surface area contributed by atoms with Crippen LogP contribution < -0.4 is 0 Å². The second-order valence-corrected chi connectivity index (χ2v) is 3.64. The molecule has 2 rings (SSSR count). The largest absolute Gasteiger partial charge is 0.477 e. The van der Waals surface area contributed by atoms with Crippen molar-refractivity contribution < 1.29 is 9.90 Å². The van der Waals surface area contributed by atoms with Crippen molar-refractivity contribution in [2.24, 2.45) is 0 Å². The summed E-state index contributed by atoms with van der Waals surface area (Å²) in [6.45, 7) is 0. The van der Waals surface area contributed by atoms with Crippen LogP contribution in [0.4, 0.5) is 0 Å². The summed E-state index contributed by atoms with van der Waals surface area (Å²) in [6, 6.07) is 3.30. The highest BCUT2D eigenvalue weighted by Gasteiger charge is 2.08. The van der Waals surface area contributed by atoms with Crippen LogP contribution in [0.15, 0.2) is 30.7 Å². The smallest absolute Gasteiger partial charge is 0.345 e. The van der Waals surface area contributed by atoms with Crippen molar-refractivity contribution in [3.05, 3.63) is 35.6 Å². The Kier molecular flexibility index (Phi) is 3.76. The summed E-state index contributed by atoms with van der Waals surface area (Å²) in [4.78, 5) is 19.7. The van der Waals surface area contributed by atoms with Gasteiger partial charge in [0.2, 0.25) is 0 Å². The molecular formula is C9H7ClN2O2S. The van der Waals surface area contributed by atoms with Crippen molar-refractivity contribution in [3.63, 3.8) is 0 Å². The van der Waals surface area contributed by atoms with Gasteiger partial charge in [0, 0.05) is 12.4 Å². The molecule has 0 bridgehead atoms. The molecule has 0 fully saturated rings. The normalized spacial score (nSPS) is 9.33. The minimum atomic E-state index is -0.912. The van der Waals surface area contributed by atoms with Crippen LogP contribution in [-0.4, -0.2) is 21.0 Å². The topological polar surface area (TPSA) is 63.1 Å². The fraction of sp³-hybridized carbons (Fsp3) is 0. The van der Waals surface area contributed by atoms with E-state index in [2.05, 4.69) is 9.97 Å². The molecule has 0 aromatic carbocycles. The number of carbonyl (C=O) groups is 1. The fourth-order valence-electron chi connectivity index (χ4n) is 1.02. The van der Waals surface area contributed by atoms with E-state index in [4.69, 9.17) is 5.11 Å². The Bertz CT molecular complexity index is 458. The van der Waals surface area contributed by atoms with E-state index < -0.39 is 5.97 Å². The van der Waals surface area contributed by atoms with Crippen LogP contribution in [0.3, 0.4) is 0 Å². The molecule has 0 unspecified atom stereocenters. The van der Waals surface area contributed by atoms with Gasteiger partial charge in [-0.1, -0.05) is 0 Å². The minimum Gasteiger partial charge on any atom is -0.477 e. The van der Waals surface area contributed by atoms with Gasteiger partial charge >= 0.3 is 5.97 Å². The van der Waals surface area contributed by atoms with E-state index in [0.29, 0.717) is 10.6 Å². The molecule has 4 nitrogen and oxygen atoms in total. The van der Waals surface area contributed by atoms with E-state index in [-0.39, 0.29) is 12.4 Å². The molecule has 15 heavy (non-hydrogen) atoms. The first-order valence-electron chi connectivity index (χ1n) is 3.87. The van der Waals surface area contributed by atoms with E-state index in [0.717, 1.165) is 4.88 Å². The Morgan fingerprint density at radius 1 is 1.33 bits per heavy atom. The Labute approximate surface area is 96.0 Å². The first kappa shape index (κ1) is 11.6. The zero-order chi connectivity index (χ0) is 9.97. The lowest BCUT2D eigenvalue weighted by Gasteiger charge is -1.92. The molecule has 6 heteroatoms. The van der Waals surface area contributed by atoms with Gasteiger partial charge in [0.15, 0.2) is 0 Å². The van der Waals surface area contributed by atoms with Crippen LogP contribution in [-0.2, 0) is 0 Å². The van der Waals surface area contributed by atoms with Crippen molar-refractivity contribution in [2.45, 2.75) is 0 Å². The molecule has 0 amide bonds. The Hall–Kier alpha value is -1.46. The molecule has 0 aliphatic rings. The number of halogens is 1. The lowest BCUT2D eigenvalue weighted by atomic mass is 10.3. The molecule has 0 spiro atoms. The average molecular weight is 243 g/mol. The van der Waals surface area contributed by atoms with E-state index in [9.17, 15) is 4.79 Å². The number of carboxylic acids is 1. The van der Waals surface area contributed by atoms with Crippen LogP contribution >= 0.6 is 23.7 Å². The monoisotopic (exact) mass is 242 g/mol. The van der Waals surface area contributed by atoms with Crippen LogP contribution in [0.2, 0.25) is 0 Å². The van der Waals surface area contributed by atoms with Crippen LogP contribution in [0.1, 0.15) is 9.67 Å². The third kappa shape index (κ3) is 2.51. The standard InChI is InChI=1S/C9H6N2O2S.ClH/c12-9(13)8-2-1-7(14-8)6-5-10-3-4-11-6;/h1-5H,(H,12,13);1H. The summed E-state index contributed by atoms with van der Waals surface area (Å²) < 4.78 is 0. The fourth-order valence-corrected chi connectivity index (χ4v) is 1.82. The van der Waals surface area contributed by atoms with Gasteiger partial charge in [-0.2, -0.15) is 0 Å². The number of aromatic carboxylic acids is 1. The first-order valence-corrected chi connectivity index (χ1v) is 4.68. The Morgan fingerprint density at radius 2 is 2.13 bits per heavy atom. The lowest BCUT2D eigenvalue weighted by Crippen LogP contribution is -1.89. The summed E-state index contributed by atoms with van der Waals surface area (Å²) in [6.07, 6.45) is 4.77. The van der Waals surface area contributed by atoms with E-state index in [1.54, 1.807) is 30.7 Å². The third-order valence-electron chi connectivity index (χ3n) is 1.63. The van der Waals surface area contributed by atoms with Crippen molar-refractivity contribution in [2.75, 3.05) is 0 Å². The maximum absolute atomic E-state index is 10.6. The van der Waals surface area contributed by atoms with E-state index in [1.165, 1.54) is 11.3 Å². The number of carboxylic acid groups (broad SMARTS) is 1. The van der Waals surface area contributed by atoms with Gasteiger partial charge in [-0.3, -0.25) is 9.97 Å². The molecular weight excluding hydrogens is 236 g/mol. The van der Waals surface area contributed by atoms with Gasteiger partial charge in [-0.15, -0.1) is 23.7 Å². The molecule has 2 heterocycles. The van der Waals surface area contributed by atoms with Gasteiger partial charge < -0.3 is 5.11 Å². The Morgan fingerprint density at radius 3 is 2.67 bits per heavy atom. The van der Waals surface area contributed by atoms with Crippen LogP contribution in [0.5, 0.6) is 0 Å². The number of thiophene rings is 1. The Balaban J connectivity index is 0.00000112. The molecule has 0 atom stereocenters. The van der Waals surface area contributed by atoms with Gasteiger partial charge in [-0.25, -0.2) is 4.79 Å². The second kappa shape index (κ2) is 4.86. The number of hydrogen-bond donors (Lipinski definition) is 1. The molecule has 2 aromatic rings. The highest BCUT2D eigenvalue weighted by Crippen LogP contribution is 2.25. The predicted molar refractivity (Wildman–Crippen MR) is 59.6 cm³/mol. The van der Waals surface area contributed by atoms with Crippen molar-refractivity contribution in [1.82, 2.24) is 9.97 Å². The predicted octanol–water partition coefficient (Wildman–Crippen LogP) is 2.33. The molecule has 0 aliphatic carbocycles. The quantitative estimate of drug-likeness (QED) is 0.878. The highest BCUT2D eigenvalue weighted by molar-refractivity contribution is 7.17. The average Bonchev–Trinajstić information content (AvgIpc) is 2.68. The molecule has 0 saturated carbocycles. The van der Waals surface area contributed by atoms with Crippen molar-refractivity contribution >= 4 is 29.7 Å². The zero-order valence-corrected chi connectivity index (χ0v) is 9.09. The maximum Gasteiger partial charge on any atom is 0.345 e. The van der Waals surface area contributed by atoms with Gasteiger partial charge in [0.05, 0.1) is 16.8 Å². The van der Waals surface area contributed by atoms with E-state index >= 15 is 0 Å². The molecule has 78 valence electrons. The van der Waals surface area contributed by atoms with Crippen molar-refractivity contribution in [3.8, 4) is 10.6 Å². The molecule has 2 aromatic heterocycles. The SMILES string of the molecule is Cl.O=C(O)c1ccc(-c2cnccn2)s1. The summed E-state index contributed by atoms with van der Waals surface area (Å²) >= 11 is 1.19. The zero-order valence-electron chi connectivity index (χ0n) is 7.45. The molecule has 0 radical (unpaired) electrons. The molecule has 0 saturated heterocycles. The number of rotatable bonds is 2. The van der Waals surface area contributed by atoms with Crippen LogP contribution in [0, 0.1) is 0 Å². The first-order chi connectivity index (χ1) is 6.77. The third-order valence-corrected chi connectivity index (χ3v) is 2.73.